The zero-order valence-electron chi connectivity index (χ0n) is 21.7. The third-order valence-corrected chi connectivity index (χ3v) is 8.96. The van der Waals surface area contributed by atoms with Crippen molar-refractivity contribution in [2.45, 2.75) is 78.2 Å². The van der Waals surface area contributed by atoms with Crippen LogP contribution >= 0.6 is 0 Å². The molecule has 2 N–H and O–H groups in total. The quantitative estimate of drug-likeness (QED) is 0.496. The highest BCUT2D eigenvalue weighted by atomic mass is 16.3. The van der Waals surface area contributed by atoms with Crippen molar-refractivity contribution in [1.29, 1.82) is 0 Å². The molecule has 3 aliphatic carbocycles. The zero-order chi connectivity index (χ0) is 25.2. The van der Waals surface area contributed by atoms with Gasteiger partial charge in [-0.25, -0.2) is 0 Å². The van der Waals surface area contributed by atoms with Crippen LogP contribution in [0.1, 0.15) is 75.5 Å². The van der Waals surface area contributed by atoms with E-state index in [-0.39, 0.29) is 17.4 Å². The summed E-state index contributed by atoms with van der Waals surface area (Å²) >= 11 is 0. The Morgan fingerprint density at radius 2 is 1.91 bits per heavy atom. The van der Waals surface area contributed by atoms with Gasteiger partial charge < -0.3 is 15.1 Å². The molecule has 4 heteroatoms. The lowest BCUT2D eigenvalue weighted by Gasteiger charge is -2.50. The van der Waals surface area contributed by atoms with Crippen LogP contribution in [0.4, 0.5) is 5.69 Å². The number of para-hydroxylation sites is 1. The van der Waals surface area contributed by atoms with Gasteiger partial charge in [0.25, 0.3) is 5.91 Å². The van der Waals surface area contributed by atoms with Gasteiger partial charge in [-0.05, 0) is 123 Å². The molecule has 2 fully saturated rings. The first-order chi connectivity index (χ1) is 16.8. The average Bonchev–Trinajstić information content (AvgIpc) is 3.15. The van der Waals surface area contributed by atoms with Crippen LogP contribution in [0.25, 0.3) is 0 Å². The number of nitrogens with zero attached hydrogens (tertiary/aromatic N) is 1. The monoisotopic (exact) mass is 475 g/mol. The SMILES string of the molecule is C/C=C/C(=O)N(CC)c1ccccc1C.C[C@]12CC[C@@H]3c4ccc(O)cc4CC[C@H]3[C@@H]1CC[C@@H]2O. The molecule has 5 atom stereocenters. The number of rotatable bonds is 3. The molecule has 0 bridgehead atoms. The molecule has 2 aromatic carbocycles. The number of hydrogen-bond donors (Lipinski definition) is 2. The molecule has 0 radical (unpaired) electrons. The Labute approximate surface area is 210 Å². The maximum atomic E-state index is 11.8. The van der Waals surface area contributed by atoms with Gasteiger partial charge in [0.1, 0.15) is 5.75 Å². The van der Waals surface area contributed by atoms with E-state index in [1.54, 1.807) is 17.1 Å². The lowest BCUT2D eigenvalue weighted by molar-refractivity contribution is -0.114. The first-order valence-electron chi connectivity index (χ1n) is 13.3. The molecule has 4 nitrogen and oxygen atoms in total. The minimum absolute atomic E-state index is 0.0364. The molecule has 35 heavy (non-hydrogen) atoms. The van der Waals surface area contributed by atoms with Gasteiger partial charge in [0, 0.05) is 12.2 Å². The normalized spacial score (nSPS) is 28.9. The van der Waals surface area contributed by atoms with E-state index in [0.717, 1.165) is 36.4 Å². The van der Waals surface area contributed by atoms with E-state index >= 15 is 0 Å². The van der Waals surface area contributed by atoms with Crippen LogP contribution in [-0.4, -0.2) is 28.8 Å². The molecular weight excluding hydrogens is 434 g/mol. The predicted octanol–water partition coefficient (Wildman–Crippen LogP) is 6.53. The van der Waals surface area contributed by atoms with Crippen LogP contribution in [0.5, 0.6) is 5.75 Å². The first kappa shape index (κ1) is 25.5. The fourth-order valence-corrected chi connectivity index (χ4v) is 7.08. The summed E-state index contributed by atoms with van der Waals surface area (Å²) in [6.07, 6.45) is 10.1. The van der Waals surface area contributed by atoms with E-state index in [0.29, 0.717) is 24.1 Å². The fourth-order valence-electron chi connectivity index (χ4n) is 7.08. The summed E-state index contributed by atoms with van der Waals surface area (Å²) in [5.74, 6) is 2.53. The number of amides is 1. The van der Waals surface area contributed by atoms with Crippen molar-refractivity contribution in [2.75, 3.05) is 11.4 Å². The average molecular weight is 476 g/mol. The zero-order valence-corrected chi connectivity index (χ0v) is 21.7. The van der Waals surface area contributed by atoms with Crippen molar-refractivity contribution in [3.63, 3.8) is 0 Å². The maximum Gasteiger partial charge on any atom is 0.250 e. The lowest BCUT2D eigenvalue weighted by atomic mass is 9.55. The Bertz CT molecular complexity index is 1080. The number of aliphatic hydroxyl groups is 1. The van der Waals surface area contributed by atoms with Gasteiger partial charge in [0.05, 0.1) is 6.10 Å². The number of fused-ring (bicyclic) bond motifs is 5. The number of aliphatic hydroxyl groups excluding tert-OH is 1. The number of likely N-dealkylation sites (N-methyl/N-ethyl adjacent to an activating group) is 1. The second kappa shape index (κ2) is 10.6. The number of carbonyl (C=O) groups is 1. The number of phenols is 1. The topological polar surface area (TPSA) is 60.8 Å². The lowest BCUT2D eigenvalue weighted by Crippen LogP contribution is -2.43. The highest BCUT2D eigenvalue weighted by Crippen LogP contribution is 2.60. The summed E-state index contributed by atoms with van der Waals surface area (Å²) in [5, 5.41) is 20.0. The molecule has 1 amide bonds. The highest BCUT2D eigenvalue weighted by Gasteiger charge is 2.54. The molecular formula is C31H41NO3. The van der Waals surface area contributed by atoms with Gasteiger partial charge in [-0.3, -0.25) is 4.79 Å². The number of allylic oxidation sites excluding steroid dienone is 1. The largest absolute Gasteiger partial charge is 0.508 e. The number of benzene rings is 2. The van der Waals surface area contributed by atoms with Crippen molar-refractivity contribution in [3.8, 4) is 5.75 Å². The van der Waals surface area contributed by atoms with Gasteiger partial charge in [0.2, 0.25) is 0 Å². The van der Waals surface area contributed by atoms with E-state index in [9.17, 15) is 15.0 Å². The van der Waals surface area contributed by atoms with Crippen LogP contribution in [0.2, 0.25) is 0 Å². The van der Waals surface area contributed by atoms with Crippen LogP contribution in [0.3, 0.4) is 0 Å². The molecule has 2 saturated carbocycles. The summed E-state index contributed by atoms with van der Waals surface area (Å²) in [4.78, 5) is 13.5. The number of anilines is 1. The summed E-state index contributed by atoms with van der Waals surface area (Å²) in [6.45, 7) is 8.85. The predicted molar refractivity (Wildman–Crippen MR) is 143 cm³/mol. The fraction of sp³-hybridized carbons (Fsp3) is 0.516. The van der Waals surface area contributed by atoms with Crippen molar-refractivity contribution in [2.24, 2.45) is 17.3 Å². The highest BCUT2D eigenvalue weighted by molar-refractivity contribution is 6.01. The minimum atomic E-state index is -0.0883. The summed E-state index contributed by atoms with van der Waals surface area (Å²) in [7, 11) is 0. The van der Waals surface area contributed by atoms with E-state index in [1.807, 2.05) is 57.2 Å². The number of aromatic hydroxyl groups is 1. The standard InChI is InChI=1S/C18H24O2.C13H17NO/c1-18-9-8-14-13-5-3-12(19)10-11(13)2-4-15(14)16(18)6-7-17(18)20;1-4-8-13(15)14(5-2)12-10-7-6-9-11(12)3/h3,5,10,14-17,19-20H,2,4,6-9H2,1H3;4,6-10H,5H2,1-3H3/b;8-4+/t14-,15-,16+,17+,18+;/m1./s1. The van der Waals surface area contributed by atoms with Crippen molar-refractivity contribution in [1.82, 2.24) is 0 Å². The first-order valence-corrected chi connectivity index (χ1v) is 13.3. The number of phenolic OH excluding ortho intramolecular Hbond substituents is 1. The Morgan fingerprint density at radius 1 is 1.14 bits per heavy atom. The maximum absolute atomic E-state index is 11.8. The second-order valence-electron chi connectivity index (χ2n) is 10.8. The third-order valence-electron chi connectivity index (χ3n) is 8.96. The van der Waals surface area contributed by atoms with Gasteiger partial charge in [-0.15, -0.1) is 0 Å². The number of hydrogen-bond acceptors (Lipinski definition) is 3. The molecule has 2 aromatic rings. The summed E-state index contributed by atoms with van der Waals surface area (Å²) < 4.78 is 0. The Hall–Kier alpha value is -2.59. The van der Waals surface area contributed by atoms with E-state index in [1.165, 1.54) is 30.4 Å². The Morgan fingerprint density at radius 3 is 2.63 bits per heavy atom. The molecule has 0 aromatic heterocycles. The van der Waals surface area contributed by atoms with Crippen molar-refractivity contribution < 1.29 is 15.0 Å². The van der Waals surface area contributed by atoms with Gasteiger partial charge >= 0.3 is 0 Å². The van der Waals surface area contributed by atoms with Crippen molar-refractivity contribution >= 4 is 11.6 Å². The van der Waals surface area contributed by atoms with E-state index in [2.05, 4.69) is 13.0 Å². The van der Waals surface area contributed by atoms with Crippen LogP contribution in [0.15, 0.2) is 54.6 Å². The summed E-state index contributed by atoms with van der Waals surface area (Å²) in [5.41, 5.74) is 5.10. The third kappa shape index (κ3) is 4.91. The molecule has 3 aliphatic rings. The molecule has 5 rings (SSSR count). The molecule has 0 unspecified atom stereocenters. The second-order valence-corrected chi connectivity index (χ2v) is 10.8. The van der Waals surface area contributed by atoms with Crippen molar-refractivity contribution in [3.05, 3.63) is 71.3 Å². The van der Waals surface area contributed by atoms with Crippen LogP contribution in [-0.2, 0) is 11.2 Å². The molecule has 0 saturated heterocycles. The van der Waals surface area contributed by atoms with E-state index < -0.39 is 0 Å². The number of aryl methyl sites for hydroxylation is 2. The Kier molecular flexibility index (Phi) is 7.70. The van der Waals surface area contributed by atoms with Crippen LogP contribution in [0, 0.1) is 24.2 Å². The molecule has 0 aliphatic heterocycles. The minimum Gasteiger partial charge on any atom is -0.508 e. The van der Waals surface area contributed by atoms with Crippen LogP contribution < -0.4 is 4.90 Å². The number of carbonyl (C=O) groups excluding carboxylic acids is 1. The Balaban J connectivity index is 0.000000174. The molecule has 0 spiro atoms. The van der Waals surface area contributed by atoms with Gasteiger partial charge in [0.15, 0.2) is 0 Å². The molecule has 0 heterocycles. The van der Waals surface area contributed by atoms with E-state index in [4.69, 9.17) is 0 Å². The smallest absolute Gasteiger partial charge is 0.250 e. The van der Waals surface area contributed by atoms with Gasteiger partial charge in [-0.1, -0.05) is 37.3 Å². The van der Waals surface area contributed by atoms with Gasteiger partial charge in [-0.2, -0.15) is 0 Å². The molecule has 188 valence electrons. The summed E-state index contributed by atoms with van der Waals surface area (Å²) in [6, 6.07) is 13.9.